The summed E-state index contributed by atoms with van der Waals surface area (Å²) in [6.07, 6.45) is 4.34. The zero-order valence-corrected chi connectivity index (χ0v) is 16.7. The van der Waals surface area contributed by atoms with E-state index in [-0.39, 0.29) is 0 Å². The van der Waals surface area contributed by atoms with E-state index in [0.717, 1.165) is 18.4 Å². The molecule has 1 aromatic carbocycles. The van der Waals surface area contributed by atoms with Crippen molar-refractivity contribution in [3.63, 3.8) is 0 Å². The van der Waals surface area contributed by atoms with E-state index in [2.05, 4.69) is 89.9 Å². The summed E-state index contributed by atoms with van der Waals surface area (Å²) >= 11 is -0.449. The topological polar surface area (TPSA) is 20.5 Å². The van der Waals surface area contributed by atoms with Crippen LogP contribution in [0.25, 0.3) is 0 Å². The van der Waals surface area contributed by atoms with Crippen LogP contribution in [0.5, 0.6) is 0 Å². The van der Waals surface area contributed by atoms with Gasteiger partial charge < -0.3 is 0 Å². The maximum atomic E-state index is 4.87. The van der Waals surface area contributed by atoms with Crippen LogP contribution in [0, 0.1) is 11.8 Å². The number of hydrogen-bond donors (Lipinski definition) is 0. The molecule has 1 heterocycles. The van der Waals surface area contributed by atoms with Gasteiger partial charge in [0.05, 0.1) is 0 Å². The third-order valence-corrected chi connectivity index (χ3v) is 5.80. The van der Waals surface area contributed by atoms with Crippen molar-refractivity contribution in [1.82, 2.24) is 3.52 Å². The number of aromatic nitrogens is 1. The van der Waals surface area contributed by atoms with Crippen LogP contribution in [0.15, 0.2) is 59.9 Å². The molecule has 2 rings (SSSR count). The molecular formula is C19H27GeN3. The number of nitrogens with zero attached hydrogens (tertiary/aromatic N) is 3. The van der Waals surface area contributed by atoms with Gasteiger partial charge in [0.1, 0.15) is 0 Å². The second-order valence-electron chi connectivity index (χ2n) is 6.61. The van der Waals surface area contributed by atoms with Gasteiger partial charge in [-0.1, -0.05) is 0 Å². The summed E-state index contributed by atoms with van der Waals surface area (Å²) < 4.78 is 4.88. The molecule has 3 nitrogen and oxygen atoms in total. The van der Waals surface area contributed by atoms with Crippen molar-refractivity contribution in [2.45, 2.75) is 27.7 Å². The summed E-state index contributed by atoms with van der Waals surface area (Å²) in [4.78, 5) is 4.87. The van der Waals surface area contributed by atoms with E-state index in [1.54, 1.807) is 0 Å². The van der Waals surface area contributed by atoms with Gasteiger partial charge >= 0.3 is 147 Å². The van der Waals surface area contributed by atoms with Gasteiger partial charge in [0, 0.05) is 0 Å². The monoisotopic (exact) mass is 371 g/mol. The third-order valence-electron chi connectivity index (χ3n) is 3.30. The molecular weight excluding hydrogens is 343 g/mol. The fraction of sp³-hybridized carbons (Fsp3) is 0.421. The first kappa shape index (κ1) is 17.9. The average molecular weight is 370 g/mol. The molecule has 0 saturated carbocycles. The molecule has 0 fully saturated rings. The predicted octanol–water partition coefficient (Wildman–Crippen LogP) is 3.59. The number of anilines is 1. The van der Waals surface area contributed by atoms with Crippen LogP contribution in [0.2, 0.25) is 0 Å². The third kappa shape index (κ3) is 5.90. The molecule has 122 valence electrons. The SMILES string of the molecule is CC(C)CN=c1cccccc1[N](CC(C)C)[Ge][n]1cccc1. The Bertz CT molecular complexity index is 648. The normalized spacial score (nSPS) is 12.2. The first-order valence-electron chi connectivity index (χ1n) is 8.33. The molecule has 0 unspecified atom stereocenters. The minimum atomic E-state index is -0.449. The van der Waals surface area contributed by atoms with Crippen LogP contribution in [0.4, 0.5) is 5.69 Å². The van der Waals surface area contributed by atoms with Crippen molar-refractivity contribution in [2.24, 2.45) is 16.8 Å². The molecule has 0 aliphatic carbocycles. The van der Waals surface area contributed by atoms with E-state index in [0.29, 0.717) is 11.8 Å². The molecule has 0 amide bonds. The van der Waals surface area contributed by atoms with E-state index in [4.69, 9.17) is 4.99 Å². The van der Waals surface area contributed by atoms with Crippen molar-refractivity contribution in [3.8, 4) is 0 Å². The first-order valence-corrected chi connectivity index (χ1v) is 10.2. The molecule has 0 atom stereocenters. The molecule has 4 heteroatoms. The van der Waals surface area contributed by atoms with Gasteiger partial charge in [-0.2, -0.15) is 0 Å². The fourth-order valence-electron chi connectivity index (χ4n) is 2.27. The Kier molecular flexibility index (Phi) is 6.96. The van der Waals surface area contributed by atoms with Crippen molar-refractivity contribution in [3.05, 3.63) is 60.2 Å². The zero-order chi connectivity index (χ0) is 16.7. The van der Waals surface area contributed by atoms with Gasteiger partial charge in [0.2, 0.25) is 0 Å². The van der Waals surface area contributed by atoms with Crippen molar-refractivity contribution in [1.29, 1.82) is 0 Å². The van der Waals surface area contributed by atoms with E-state index in [1.165, 1.54) is 5.69 Å². The molecule has 2 radical (unpaired) electrons. The second-order valence-corrected chi connectivity index (χ2v) is 9.25. The molecule has 23 heavy (non-hydrogen) atoms. The Morgan fingerprint density at radius 1 is 0.957 bits per heavy atom. The maximum absolute atomic E-state index is 4.87. The summed E-state index contributed by atoms with van der Waals surface area (Å²) in [5.41, 5.74) is 1.26. The van der Waals surface area contributed by atoms with Crippen molar-refractivity contribution >= 4 is 21.6 Å². The predicted molar refractivity (Wildman–Crippen MR) is 99.5 cm³/mol. The number of rotatable bonds is 7. The molecule has 1 aromatic heterocycles. The molecule has 0 bridgehead atoms. The summed E-state index contributed by atoms with van der Waals surface area (Å²) in [6, 6.07) is 14.9. The summed E-state index contributed by atoms with van der Waals surface area (Å²) in [5.74, 6) is 1.20. The van der Waals surface area contributed by atoms with E-state index in [9.17, 15) is 0 Å². The standard InChI is InChI=1S/C19H27GeN3/c1-16(2)14-21-18-10-6-5-7-11-19(18)23(15-17(3)4)20-22-12-8-9-13-22/h5-13,16-17H,14-15H2,1-4H3. The van der Waals surface area contributed by atoms with Crippen LogP contribution in [-0.4, -0.2) is 32.5 Å². The summed E-state index contributed by atoms with van der Waals surface area (Å²) in [5, 5.41) is 1.11. The van der Waals surface area contributed by atoms with Gasteiger partial charge in [0.15, 0.2) is 0 Å². The zero-order valence-electron chi connectivity index (χ0n) is 14.6. The van der Waals surface area contributed by atoms with E-state index >= 15 is 0 Å². The van der Waals surface area contributed by atoms with E-state index in [1.807, 2.05) is 0 Å². The van der Waals surface area contributed by atoms with Crippen LogP contribution in [0.3, 0.4) is 0 Å². The molecule has 0 spiro atoms. The Morgan fingerprint density at radius 2 is 1.65 bits per heavy atom. The number of hydrogen-bond acceptors (Lipinski definition) is 2. The molecule has 0 N–H and O–H groups in total. The van der Waals surface area contributed by atoms with Gasteiger partial charge in [0.25, 0.3) is 0 Å². The molecule has 0 aliphatic rings. The molecule has 0 aliphatic heterocycles. The first-order chi connectivity index (χ1) is 11.1. The molecule has 0 saturated heterocycles. The van der Waals surface area contributed by atoms with Crippen LogP contribution >= 0.6 is 0 Å². The van der Waals surface area contributed by atoms with Crippen molar-refractivity contribution < 1.29 is 0 Å². The van der Waals surface area contributed by atoms with Crippen LogP contribution in [0.1, 0.15) is 27.7 Å². The van der Waals surface area contributed by atoms with Crippen molar-refractivity contribution in [2.75, 3.05) is 16.9 Å². The Hall–Kier alpha value is -1.49. The Labute approximate surface area is 147 Å². The summed E-state index contributed by atoms with van der Waals surface area (Å²) in [7, 11) is 0. The quantitative estimate of drug-likeness (QED) is 0.683. The van der Waals surface area contributed by atoms with Gasteiger partial charge in [-0.3, -0.25) is 0 Å². The summed E-state index contributed by atoms with van der Waals surface area (Å²) in [6.45, 7) is 10.9. The fourth-order valence-corrected chi connectivity index (χ4v) is 5.06. The van der Waals surface area contributed by atoms with Gasteiger partial charge in [-0.25, -0.2) is 0 Å². The van der Waals surface area contributed by atoms with Gasteiger partial charge in [-0.05, 0) is 0 Å². The minimum absolute atomic E-state index is 0.449. The van der Waals surface area contributed by atoms with Gasteiger partial charge in [-0.15, -0.1) is 0 Å². The average Bonchev–Trinajstić information content (AvgIpc) is 2.87. The Balaban J connectivity index is 2.40. The Morgan fingerprint density at radius 3 is 2.30 bits per heavy atom. The second kappa shape index (κ2) is 8.97. The van der Waals surface area contributed by atoms with Crippen LogP contribution in [-0.2, 0) is 0 Å². The van der Waals surface area contributed by atoms with Crippen LogP contribution < -0.4 is 9.21 Å². The molecule has 2 aromatic rings. The van der Waals surface area contributed by atoms with E-state index < -0.39 is 15.9 Å².